The minimum atomic E-state index is 0.700. The Morgan fingerprint density at radius 1 is 0.404 bits per heavy atom. The van der Waals surface area contributed by atoms with E-state index in [0.717, 1.165) is 44.8 Å². The van der Waals surface area contributed by atoms with Gasteiger partial charge in [-0.05, 0) is 71.6 Å². The number of hydrogen-bond donors (Lipinski definition) is 0. The smallest absolute Gasteiger partial charge is 0.160 e. The highest BCUT2D eigenvalue weighted by atomic mass is 15.2. The fourth-order valence-electron chi connectivity index (χ4n) is 8.22. The van der Waals surface area contributed by atoms with Crippen LogP contribution in [0.25, 0.3) is 82.9 Å². The first-order valence-electron chi connectivity index (χ1n) is 17.7. The molecule has 0 saturated carbocycles. The zero-order valence-corrected chi connectivity index (χ0v) is 28.1. The van der Waals surface area contributed by atoms with Gasteiger partial charge < -0.3 is 9.47 Å². The van der Waals surface area contributed by atoms with Gasteiger partial charge in [-0.15, -0.1) is 0 Å². The molecule has 0 spiro atoms. The molecule has 11 rings (SSSR count). The fourth-order valence-corrected chi connectivity index (χ4v) is 8.22. The molecule has 242 valence electrons. The second kappa shape index (κ2) is 11.2. The predicted molar refractivity (Wildman–Crippen MR) is 216 cm³/mol. The Kier molecular flexibility index (Phi) is 6.22. The molecule has 0 N–H and O–H groups in total. The topological polar surface area (TPSA) is 34.0 Å². The third-order valence-corrected chi connectivity index (χ3v) is 10.5. The lowest BCUT2D eigenvalue weighted by molar-refractivity contribution is 1.18. The molecule has 10 aromatic rings. The normalized spacial score (nSPS) is 12.2. The van der Waals surface area contributed by atoms with Gasteiger partial charge in [-0.2, -0.15) is 0 Å². The van der Waals surface area contributed by atoms with Crippen molar-refractivity contribution in [2.75, 3.05) is 4.90 Å². The van der Waals surface area contributed by atoms with E-state index in [0.29, 0.717) is 5.82 Å². The molecule has 1 aliphatic heterocycles. The first kappa shape index (κ1) is 28.8. The highest BCUT2D eigenvalue weighted by Crippen LogP contribution is 2.51. The molecule has 2 aromatic heterocycles. The van der Waals surface area contributed by atoms with E-state index in [2.05, 4.69) is 191 Å². The molecule has 0 amide bonds. The van der Waals surface area contributed by atoms with Gasteiger partial charge in [0.15, 0.2) is 5.82 Å². The first-order valence-corrected chi connectivity index (χ1v) is 17.7. The van der Waals surface area contributed by atoms with Crippen molar-refractivity contribution in [3.8, 4) is 39.5 Å². The summed E-state index contributed by atoms with van der Waals surface area (Å²) < 4.78 is 2.35. The molecule has 0 radical (unpaired) electrons. The Morgan fingerprint density at radius 2 is 1.10 bits per heavy atom. The fraction of sp³-hybridized carbons (Fsp3) is 0. The van der Waals surface area contributed by atoms with Gasteiger partial charge in [0.25, 0.3) is 0 Å². The molecular formula is C48H30N4. The van der Waals surface area contributed by atoms with Crippen LogP contribution in [0.4, 0.5) is 17.1 Å². The summed E-state index contributed by atoms with van der Waals surface area (Å²) in [5.41, 5.74) is 13.3. The average Bonchev–Trinajstić information content (AvgIpc) is 3.55. The van der Waals surface area contributed by atoms with Crippen molar-refractivity contribution < 1.29 is 0 Å². The number of nitrogens with zero attached hydrogens (tertiary/aromatic N) is 4. The third-order valence-electron chi connectivity index (χ3n) is 10.5. The highest BCUT2D eigenvalue weighted by molar-refractivity contribution is 6.14. The maximum absolute atomic E-state index is 5.36. The number of aromatic nitrogens is 3. The van der Waals surface area contributed by atoms with Crippen LogP contribution in [0.5, 0.6) is 0 Å². The van der Waals surface area contributed by atoms with Gasteiger partial charge in [0.2, 0.25) is 0 Å². The molecule has 0 aliphatic carbocycles. The van der Waals surface area contributed by atoms with Crippen molar-refractivity contribution in [3.63, 3.8) is 0 Å². The lowest BCUT2D eigenvalue weighted by atomic mass is 9.91. The van der Waals surface area contributed by atoms with Gasteiger partial charge in [0, 0.05) is 49.6 Å². The Bertz CT molecular complexity index is 3030. The van der Waals surface area contributed by atoms with E-state index in [1.54, 1.807) is 0 Å². The third kappa shape index (κ3) is 4.28. The van der Waals surface area contributed by atoms with Crippen LogP contribution in [0.2, 0.25) is 0 Å². The maximum Gasteiger partial charge on any atom is 0.160 e. The van der Waals surface area contributed by atoms with Crippen LogP contribution in [0, 0.1) is 0 Å². The van der Waals surface area contributed by atoms with Crippen molar-refractivity contribution in [3.05, 3.63) is 182 Å². The van der Waals surface area contributed by atoms with Crippen molar-refractivity contribution in [2.45, 2.75) is 0 Å². The minimum Gasteiger partial charge on any atom is -0.309 e. The number of hydrogen-bond acceptors (Lipinski definition) is 3. The van der Waals surface area contributed by atoms with Crippen LogP contribution < -0.4 is 4.90 Å². The second-order valence-corrected chi connectivity index (χ2v) is 13.4. The molecule has 8 aromatic carbocycles. The monoisotopic (exact) mass is 662 g/mol. The number of para-hydroxylation sites is 4. The van der Waals surface area contributed by atoms with Crippen molar-refractivity contribution in [1.82, 2.24) is 14.5 Å². The van der Waals surface area contributed by atoms with Crippen molar-refractivity contribution in [2.24, 2.45) is 0 Å². The standard InChI is InChI=1S/C48H30N4/c1-2-16-34(17-3-1)51-43-25-9-6-20-37(43)40-30-32(27-28-44(40)51)47-39-21-4-7-23-41(39)49-48(50-47)33-15-10-18-35(29-33)52-42-24-8-5-19-36(42)38-22-11-13-31-14-12-26-45(52)46(31)38/h1-30H. The molecule has 0 unspecified atom stereocenters. The highest BCUT2D eigenvalue weighted by Gasteiger charge is 2.26. The van der Waals surface area contributed by atoms with Crippen LogP contribution >= 0.6 is 0 Å². The van der Waals surface area contributed by atoms with Crippen LogP contribution in [0.15, 0.2) is 182 Å². The molecular weight excluding hydrogens is 633 g/mol. The summed E-state index contributed by atoms with van der Waals surface area (Å²) in [5, 5.41) is 5.94. The van der Waals surface area contributed by atoms with E-state index >= 15 is 0 Å². The molecule has 3 heterocycles. The zero-order valence-electron chi connectivity index (χ0n) is 28.1. The second-order valence-electron chi connectivity index (χ2n) is 13.4. The largest absolute Gasteiger partial charge is 0.309 e. The van der Waals surface area contributed by atoms with Crippen LogP contribution in [-0.4, -0.2) is 14.5 Å². The SMILES string of the molecule is c1ccc(-n2c3ccccc3c3cc(-c4nc(-c5cccc(N6c7ccccc7-c7cccc8cccc6c78)c5)nc5ccccc45)ccc32)cc1. The maximum atomic E-state index is 5.36. The van der Waals surface area contributed by atoms with Gasteiger partial charge in [-0.3, -0.25) is 0 Å². The summed E-state index contributed by atoms with van der Waals surface area (Å²) >= 11 is 0. The van der Waals surface area contributed by atoms with E-state index in [1.165, 1.54) is 49.4 Å². The van der Waals surface area contributed by atoms with E-state index in [-0.39, 0.29) is 0 Å². The Balaban J connectivity index is 1.09. The quantitative estimate of drug-likeness (QED) is 0.188. The summed E-state index contributed by atoms with van der Waals surface area (Å²) in [5.74, 6) is 0.700. The summed E-state index contributed by atoms with van der Waals surface area (Å²) in [6.07, 6.45) is 0. The van der Waals surface area contributed by atoms with Gasteiger partial charge >= 0.3 is 0 Å². The Labute approximate surface area is 300 Å². The zero-order chi connectivity index (χ0) is 34.2. The van der Waals surface area contributed by atoms with Gasteiger partial charge in [0.1, 0.15) is 0 Å². The minimum absolute atomic E-state index is 0.700. The molecule has 0 saturated heterocycles. The van der Waals surface area contributed by atoms with Crippen LogP contribution in [0.3, 0.4) is 0 Å². The molecule has 0 atom stereocenters. The summed E-state index contributed by atoms with van der Waals surface area (Å²) in [6, 6.07) is 64.8. The van der Waals surface area contributed by atoms with Gasteiger partial charge in [-0.25, -0.2) is 9.97 Å². The van der Waals surface area contributed by atoms with E-state index in [9.17, 15) is 0 Å². The van der Waals surface area contributed by atoms with E-state index < -0.39 is 0 Å². The van der Waals surface area contributed by atoms with Crippen LogP contribution in [0.1, 0.15) is 0 Å². The molecule has 0 fully saturated rings. The molecule has 52 heavy (non-hydrogen) atoms. The summed E-state index contributed by atoms with van der Waals surface area (Å²) in [7, 11) is 0. The lowest BCUT2D eigenvalue weighted by Crippen LogP contribution is -2.15. The Hall–Kier alpha value is -7.04. The van der Waals surface area contributed by atoms with Gasteiger partial charge in [-0.1, -0.05) is 121 Å². The van der Waals surface area contributed by atoms with Crippen molar-refractivity contribution >= 4 is 60.5 Å². The molecule has 1 aliphatic rings. The predicted octanol–water partition coefficient (Wildman–Crippen LogP) is 12.7. The van der Waals surface area contributed by atoms with Crippen molar-refractivity contribution in [1.29, 1.82) is 0 Å². The summed E-state index contributed by atoms with van der Waals surface area (Å²) in [4.78, 5) is 12.9. The van der Waals surface area contributed by atoms with E-state index in [4.69, 9.17) is 9.97 Å². The number of anilines is 3. The molecule has 4 heteroatoms. The van der Waals surface area contributed by atoms with E-state index in [1.807, 2.05) is 0 Å². The average molecular weight is 663 g/mol. The summed E-state index contributed by atoms with van der Waals surface area (Å²) in [6.45, 7) is 0. The number of benzene rings is 8. The van der Waals surface area contributed by atoms with Crippen LogP contribution in [-0.2, 0) is 0 Å². The number of fused-ring (bicyclic) bond motifs is 6. The molecule has 0 bridgehead atoms. The van der Waals surface area contributed by atoms with Gasteiger partial charge in [0.05, 0.1) is 33.6 Å². The molecule has 4 nitrogen and oxygen atoms in total. The number of rotatable bonds is 4. The lowest BCUT2D eigenvalue weighted by Gasteiger charge is -2.33. The first-order chi connectivity index (χ1) is 25.8. The Morgan fingerprint density at radius 3 is 2.02 bits per heavy atom.